The Bertz CT molecular complexity index is 631. The van der Waals surface area contributed by atoms with Gasteiger partial charge in [0.05, 0.1) is 21.3 Å². The zero-order valence-electron chi connectivity index (χ0n) is 14.2. The number of nitrogens with zero attached hydrogens (tertiary/aromatic N) is 1. The lowest BCUT2D eigenvalue weighted by atomic mass is 10.1. The van der Waals surface area contributed by atoms with Gasteiger partial charge in [-0.25, -0.2) is 0 Å². The van der Waals surface area contributed by atoms with E-state index >= 15 is 0 Å². The fourth-order valence-corrected chi connectivity index (χ4v) is 1.86. The van der Waals surface area contributed by atoms with E-state index in [2.05, 4.69) is 10.2 Å². The van der Waals surface area contributed by atoms with Gasteiger partial charge in [0, 0.05) is 12.6 Å². The van der Waals surface area contributed by atoms with Crippen LogP contribution in [0.3, 0.4) is 0 Å². The molecule has 0 fully saturated rings. The van der Waals surface area contributed by atoms with Gasteiger partial charge >= 0.3 is 0 Å². The van der Waals surface area contributed by atoms with Crippen LogP contribution in [0.15, 0.2) is 30.4 Å². The molecule has 25 heavy (non-hydrogen) atoms. The Morgan fingerprint density at radius 1 is 1.16 bits per heavy atom. The molecule has 1 aromatic carbocycles. The molecular formula is C16H20N2O7. The average Bonchev–Trinajstić information content (AvgIpc) is 2.61. The van der Waals surface area contributed by atoms with Gasteiger partial charge in [0.2, 0.25) is 11.7 Å². The Morgan fingerprint density at radius 3 is 2.32 bits per heavy atom. The number of ether oxygens (including phenoxy) is 3. The number of hydrogen-bond donors (Lipinski definition) is 1. The summed E-state index contributed by atoms with van der Waals surface area (Å²) in [6.07, 6.45) is 6.24. The minimum atomic E-state index is -0.915. The molecule has 0 bridgehead atoms. The lowest BCUT2D eigenvalue weighted by Gasteiger charge is -2.12. The Morgan fingerprint density at radius 2 is 1.80 bits per heavy atom. The summed E-state index contributed by atoms with van der Waals surface area (Å²) >= 11 is 0. The molecular weight excluding hydrogens is 332 g/mol. The van der Waals surface area contributed by atoms with Gasteiger partial charge in [0.25, 0.3) is 5.09 Å². The van der Waals surface area contributed by atoms with E-state index in [0.717, 1.165) is 5.56 Å². The van der Waals surface area contributed by atoms with Crippen molar-refractivity contribution in [2.75, 3.05) is 34.5 Å². The van der Waals surface area contributed by atoms with Crippen molar-refractivity contribution in [3.05, 3.63) is 46.0 Å². The van der Waals surface area contributed by atoms with Crippen LogP contribution in [-0.4, -0.2) is 45.5 Å². The predicted molar refractivity (Wildman–Crippen MR) is 90.2 cm³/mol. The van der Waals surface area contributed by atoms with E-state index < -0.39 is 5.09 Å². The first-order valence-electron chi connectivity index (χ1n) is 7.21. The van der Waals surface area contributed by atoms with Crippen LogP contribution >= 0.6 is 0 Å². The molecule has 1 aromatic rings. The molecule has 0 spiro atoms. The van der Waals surface area contributed by atoms with Crippen molar-refractivity contribution in [3.8, 4) is 17.2 Å². The maximum Gasteiger partial charge on any atom is 0.294 e. The minimum absolute atomic E-state index is 0.0424. The second-order valence-corrected chi connectivity index (χ2v) is 4.52. The van der Waals surface area contributed by atoms with Crippen LogP contribution in [0.1, 0.15) is 5.56 Å². The molecule has 1 N–H and O–H groups in total. The van der Waals surface area contributed by atoms with Gasteiger partial charge < -0.3 is 24.4 Å². The standard InChI is InChI=1S/C16H20N2O7/c1-22-13-10-12(11-14(23-2)16(13)24-3)6-4-5-7-15(19)17-8-9-25-18(20)21/h4-7,10-11H,8-9H2,1-3H3,(H,17,19)/b6-4+,7-5+. The fraction of sp³-hybridized carbons (Fsp3) is 0.312. The van der Waals surface area contributed by atoms with Crippen molar-refractivity contribution in [2.24, 2.45) is 0 Å². The van der Waals surface area contributed by atoms with E-state index in [4.69, 9.17) is 14.2 Å². The third-order valence-electron chi connectivity index (χ3n) is 2.93. The highest BCUT2D eigenvalue weighted by Gasteiger charge is 2.11. The SMILES string of the molecule is COc1cc(/C=C/C=C/C(=O)NCCO[N+](=O)[O-])cc(OC)c1OC. The van der Waals surface area contributed by atoms with Crippen molar-refractivity contribution < 1.29 is 28.9 Å². The summed E-state index contributed by atoms with van der Waals surface area (Å²) in [5, 5.41) is 11.5. The first-order valence-corrected chi connectivity index (χ1v) is 7.21. The van der Waals surface area contributed by atoms with Crippen LogP contribution < -0.4 is 19.5 Å². The highest BCUT2D eigenvalue weighted by molar-refractivity contribution is 5.87. The van der Waals surface area contributed by atoms with Gasteiger partial charge in [-0.2, -0.15) is 0 Å². The smallest absolute Gasteiger partial charge is 0.294 e. The van der Waals surface area contributed by atoms with Crippen molar-refractivity contribution in [1.82, 2.24) is 5.32 Å². The number of carbonyl (C=O) groups is 1. The summed E-state index contributed by atoms with van der Waals surface area (Å²) in [5.74, 6) is 1.15. The second kappa shape index (κ2) is 10.5. The number of nitrogens with one attached hydrogen (secondary N) is 1. The van der Waals surface area contributed by atoms with Crippen LogP contribution in [0.4, 0.5) is 0 Å². The van der Waals surface area contributed by atoms with Crippen LogP contribution in [0.25, 0.3) is 6.08 Å². The predicted octanol–water partition coefficient (Wildman–Crippen LogP) is 1.61. The number of allylic oxidation sites excluding steroid dienone is 2. The molecule has 1 rings (SSSR count). The summed E-state index contributed by atoms with van der Waals surface area (Å²) in [6.45, 7) is -0.158. The second-order valence-electron chi connectivity index (χ2n) is 4.52. The van der Waals surface area contributed by atoms with Crippen molar-refractivity contribution in [2.45, 2.75) is 0 Å². The molecule has 0 atom stereocenters. The molecule has 9 heteroatoms. The number of carbonyl (C=O) groups excluding carboxylic acids is 1. The number of hydrogen-bond acceptors (Lipinski definition) is 7. The summed E-state index contributed by atoms with van der Waals surface area (Å²) in [7, 11) is 4.57. The van der Waals surface area contributed by atoms with Gasteiger partial charge in [-0.1, -0.05) is 18.2 Å². The van der Waals surface area contributed by atoms with Crippen LogP contribution in [0, 0.1) is 10.1 Å². The van der Waals surface area contributed by atoms with E-state index in [1.807, 2.05) is 0 Å². The van der Waals surface area contributed by atoms with Gasteiger partial charge in [-0.3, -0.25) is 4.79 Å². The Hall–Kier alpha value is -3.23. The minimum Gasteiger partial charge on any atom is -0.493 e. The molecule has 0 aromatic heterocycles. The first-order chi connectivity index (χ1) is 12.0. The number of rotatable bonds is 10. The van der Waals surface area contributed by atoms with E-state index in [9.17, 15) is 14.9 Å². The third-order valence-corrected chi connectivity index (χ3v) is 2.93. The number of amides is 1. The van der Waals surface area contributed by atoms with E-state index in [-0.39, 0.29) is 19.1 Å². The lowest BCUT2D eigenvalue weighted by molar-refractivity contribution is -0.757. The molecule has 1 amide bonds. The van der Waals surface area contributed by atoms with Gasteiger partial charge in [-0.05, 0) is 17.7 Å². The van der Waals surface area contributed by atoms with Crippen molar-refractivity contribution in [1.29, 1.82) is 0 Å². The molecule has 0 aliphatic carbocycles. The number of benzene rings is 1. The first kappa shape index (κ1) is 19.8. The fourth-order valence-electron chi connectivity index (χ4n) is 1.86. The highest BCUT2D eigenvalue weighted by Crippen LogP contribution is 2.38. The molecule has 9 nitrogen and oxygen atoms in total. The van der Waals surface area contributed by atoms with Crippen LogP contribution in [0.2, 0.25) is 0 Å². The molecule has 0 aliphatic rings. The molecule has 0 unspecified atom stereocenters. The van der Waals surface area contributed by atoms with Gasteiger partial charge in [0.15, 0.2) is 11.5 Å². The summed E-state index contributed by atoms with van der Waals surface area (Å²) in [6, 6.07) is 3.53. The number of methoxy groups -OCH3 is 3. The van der Waals surface area contributed by atoms with Crippen LogP contribution in [-0.2, 0) is 9.63 Å². The third kappa shape index (κ3) is 6.81. The van der Waals surface area contributed by atoms with Crippen LogP contribution in [0.5, 0.6) is 17.2 Å². The zero-order chi connectivity index (χ0) is 18.7. The van der Waals surface area contributed by atoms with E-state index in [1.165, 1.54) is 33.5 Å². The zero-order valence-corrected chi connectivity index (χ0v) is 14.2. The quantitative estimate of drug-likeness (QED) is 0.224. The Labute approximate surface area is 144 Å². The van der Waals surface area contributed by atoms with E-state index in [0.29, 0.717) is 17.2 Å². The molecule has 0 saturated heterocycles. The monoisotopic (exact) mass is 352 g/mol. The summed E-state index contributed by atoms with van der Waals surface area (Å²) in [5.41, 5.74) is 0.791. The molecule has 0 heterocycles. The maximum absolute atomic E-state index is 11.5. The Balaban J connectivity index is 2.63. The van der Waals surface area contributed by atoms with Crippen molar-refractivity contribution >= 4 is 12.0 Å². The van der Waals surface area contributed by atoms with Gasteiger partial charge in [0.1, 0.15) is 6.61 Å². The van der Waals surface area contributed by atoms with Crippen molar-refractivity contribution in [3.63, 3.8) is 0 Å². The van der Waals surface area contributed by atoms with E-state index in [1.54, 1.807) is 24.3 Å². The average molecular weight is 352 g/mol. The summed E-state index contributed by atoms with van der Waals surface area (Å²) < 4.78 is 15.7. The molecule has 0 radical (unpaired) electrons. The largest absolute Gasteiger partial charge is 0.493 e. The molecule has 0 saturated carbocycles. The molecule has 0 aliphatic heterocycles. The highest BCUT2D eigenvalue weighted by atomic mass is 16.9. The molecule has 136 valence electrons. The topological polar surface area (TPSA) is 109 Å². The lowest BCUT2D eigenvalue weighted by Crippen LogP contribution is -2.26. The maximum atomic E-state index is 11.5. The Kier molecular flexibility index (Phi) is 8.34. The normalized spacial score (nSPS) is 10.7. The van der Waals surface area contributed by atoms with Gasteiger partial charge in [-0.15, -0.1) is 10.1 Å². The summed E-state index contributed by atoms with van der Waals surface area (Å²) in [4.78, 5) is 25.5.